The van der Waals surface area contributed by atoms with E-state index in [4.69, 9.17) is 10.8 Å². The Morgan fingerprint density at radius 2 is 2.20 bits per heavy atom. The van der Waals surface area contributed by atoms with Crippen molar-refractivity contribution in [2.75, 3.05) is 0 Å². The molecule has 0 aromatic rings. The third-order valence-corrected chi connectivity index (χ3v) is 2.16. The van der Waals surface area contributed by atoms with E-state index < -0.39 is 5.97 Å². The van der Waals surface area contributed by atoms with Crippen molar-refractivity contribution in [1.29, 1.82) is 0 Å². The van der Waals surface area contributed by atoms with Crippen LogP contribution in [0.3, 0.4) is 0 Å². The van der Waals surface area contributed by atoms with Crippen molar-refractivity contribution in [2.24, 2.45) is 17.6 Å². The second kappa shape index (κ2) is 2.58. The van der Waals surface area contributed by atoms with Gasteiger partial charge in [-0.2, -0.15) is 0 Å². The van der Waals surface area contributed by atoms with Gasteiger partial charge in [-0.3, -0.25) is 4.79 Å². The summed E-state index contributed by atoms with van der Waals surface area (Å²) in [6.45, 7) is 2.04. The first-order chi connectivity index (χ1) is 4.61. The Bertz CT molecular complexity index is 147. The molecule has 0 amide bonds. The van der Waals surface area contributed by atoms with Crippen LogP contribution < -0.4 is 5.73 Å². The molecule has 0 unspecified atom stereocenters. The second-order valence-electron chi connectivity index (χ2n) is 3.19. The van der Waals surface area contributed by atoms with Crippen molar-refractivity contribution in [1.82, 2.24) is 0 Å². The van der Waals surface area contributed by atoms with Crippen molar-refractivity contribution in [3.05, 3.63) is 0 Å². The predicted octanol–water partition coefficient (Wildman–Crippen LogP) is 0.444. The van der Waals surface area contributed by atoms with Gasteiger partial charge in [-0.15, -0.1) is 0 Å². The van der Waals surface area contributed by atoms with E-state index in [1.165, 1.54) is 0 Å². The average Bonchev–Trinajstić information content (AvgIpc) is 2.10. The first-order valence-corrected chi connectivity index (χ1v) is 3.59. The number of nitrogens with two attached hydrogens (primary N) is 1. The molecular formula is C7H13NO2. The Morgan fingerprint density at radius 1 is 1.60 bits per heavy atom. The van der Waals surface area contributed by atoms with E-state index in [1.807, 2.05) is 6.92 Å². The lowest BCUT2D eigenvalue weighted by molar-refractivity contribution is -0.141. The molecule has 3 nitrogen and oxygen atoms in total. The number of carbonyl (C=O) groups is 1. The summed E-state index contributed by atoms with van der Waals surface area (Å²) in [5.74, 6) is -0.553. The predicted molar refractivity (Wildman–Crippen MR) is 37.5 cm³/mol. The minimum absolute atomic E-state index is 0.118. The van der Waals surface area contributed by atoms with E-state index in [0.29, 0.717) is 5.92 Å². The van der Waals surface area contributed by atoms with Gasteiger partial charge >= 0.3 is 5.97 Å². The topological polar surface area (TPSA) is 63.3 Å². The highest BCUT2D eigenvalue weighted by Crippen LogP contribution is 2.29. The zero-order chi connectivity index (χ0) is 7.72. The minimum atomic E-state index is -0.739. The standard InChI is InChI=1S/C7H13NO2/c1-4-2-5(7(9)10)6(8)3-4/h4-6H,2-3,8H2,1H3,(H,9,10)/t4-,5+,6-/m0/s1. The van der Waals surface area contributed by atoms with Gasteiger partial charge in [0, 0.05) is 6.04 Å². The summed E-state index contributed by atoms with van der Waals surface area (Å²) < 4.78 is 0. The molecule has 1 aliphatic rings. The quantitative estimate of drug-likeness (QED) is 0.560. The Morgan fingerprint density at radius 3 is 2.40 bits per heavy atom. The monoisotopic (exact) mass is 143 g/mol. The van der Waals surface area contributed by atoms with Crippen molar-refractivity contribution < 1.29 is 9.90 Å². The van der Waals surface area contributed by atoms with E-state index in [0.717, 1.165) is 12.8 Å². The van der Waals surface area contributed by atoms with Gasteiger partial charge in [-0.25, -0.2) is 0 Å². The Labute approximate surface area is 60.2 Å². The lowest BCUT2D eigenvalue weighted by Crippen LogP contribution is -2.30. The summed E-state index contributed by atoms with van der Waals surface area (Å²) in [4.78, 5) is 10.5. The molecule has 3 N–H and O–H groups in total. The fourth-order valence-corrected chi connectivity index (χ4v) is 1.62. The fraction of sp³-hybridized carbons (Fsp3) is 0.857. The van der Waals surface area contributed by atoms with Crippen molar-refractivity contribution >= 4 is 5.97 Å². The van der Waals surface area contributed by atoms with Gasteiger partial charge in [0.25, 0.3) is 0 Å². The molecule has 3 heteroatoms. The molecule has 0 aromatic heterocycles. The van der Waals surface area contributed by atoms with Crippen molar-refractivity contribution in [2.45, 2.75) is 25.8 Å². The van der Waals surface area contributed by atoms with Crippen LogP contribution in [0.1, 0.15) is 19.8 Å². The van der Waals surface area contributed by atoms with Crippen LogP contribution in [0.4, 0.5) is 0 Å². The zero-order valence-corrected chi connectivity index (χ0v) is 6.08. The van der Waals surface area contributed by atoms with Gasteiger partial charge in [-0.1, -0.05) is 6.92 Å². The Kier molecular flexibility index (Phi) is 1.94. The van der Waals surface area contributed by atoms with Crippen LogP contribution >= 0.6 is 0 Å². The third kappa shape index (κ3) is 1.29. The van der Waals surface area contributed by atoms with Gasteiger partial charge in [0.15, 0.2) is 0 Å². The molecule has 0 spiro atoms. The summed E-state index contributed by atoms with van der Waals surface area (Å²) >= 11 is 0. The molecule has 1 saturated carbocycles. The fourth-order valence-electron chi connectivity index (χ4n) is 1.62. The number of carboxylic acids is 1. The molecule has 58 valence electrons. The van der Waals surface area contributed by atoms with E-state index in [9.17, 15) is 4.79 Å². The molecule has 10 heavy (non-hydrogen) atoms. The Hall–Kier alpha value is -0.570. The summed E-state index contributed by atoms with van der Waals surface area (Å²) in [5.41, 5.74) is 5.59. The molecule has 0 aromatic carbocycles. The summed E-state index contributed by atoms with van der Waals surface area (Å²) in [7, 11) is 0. The van der Waals surface area contributed by atoms with Gasteiger partial charge in [-0.05, 0) is 18.8 Å². The number of hydrogen-bond acceptors (Lipinski definition) is 2. The maximum absolute atomic E-state index is 10.5. The molecule has 1 fully saturated rings. The molecule has 0 radical (unpaired) electrons. The maximum atomic E-state index is 10.5. The van der Waals surface area contributed by atoms with Crippen LogP contribution in [0.2, 0.25) is 0 Å². The van der Waals surface area contributed by atoms with E-state index in [-0.39, 0.29) is 12.0 Å². The third-order valence-electron chi connectivity index (χ3n) is 2.16. The van der Waals surface area contributed by atoms with Crippen LogP contribution in [0, 0.1) is 11.8 Å². The van der Waals surface area contributed by atoms with Crippen LogP contribution in [0.25, 0.3) is 0 Å². The molecule has 1 aliphatic carbocycles. The number of hydrogen-bond donors (Lipinski definition) is 2. The summed E-state index contributed by atoms with van der Waals surface area (Å²) in [6.07, 6.45) is 1.60. The molecule has 3 atom stereocenters. The van der Waals surface area contributed by atoms with Crippen LogP contribution in [0.15, 0.2) is 0 Å². The SMILES string of the molecule is C[C@@H]1C[C@H](N)[C@H](C(=O)O)C1. The maximum Gasteiger partial charge on any atom is 0.308 e. The lowest BCUT2D eigenvalue weighted by Gasteiger charge is -2.07. The molecule has 0 saturated heterocycles. The largest absolute Gasteiger partial charge is 0.481 e. The van der Waals surface area contributed by atoms with Gasteiger partial charge in [0.2, 0.25) is 0 Å². The van der Waals surface area contributed by atoms with Crippen molar-refractivity contribution in [3.63, 3.8) is 0 Å². The molecule has 0 bridgehead atoms. The smallest absolute Gasteiger partial charge is 0.308 e. The first-order valence-electron chi connectivity index (χ1n) is 3.59. The molecule has 0 heterocycles. The summed E-state index contributed by atoms with van der Waals surface area (Å²) in [6, 6.07) is -0.118. The van der Waals surface area contributed by atoms with Gasteiger partial charge in [0.05, 0.1) is 5.92 Å². The summed E-state index contributed by atoms with van der Waals surface area (Å²) in [5, 5.41) is 8.62. The molecule has 1 rings (SSSR count). The Balaban J connectivity index is 2.54. The number of aliphatic carboxylic acids is 1. The average molecular weight is 143 g/mol. The van der Waals surface area contributed by atoms with Crippen LogP contribution in [-0.4, -0.2) is 17.1 Å². The molecule has 0 aliphatic heterocycles. The van der Waals surface area contributed by atoms with Crippen LogP contribution in [0.5, 0.6) is 0 Å². The van der Waals surface area contributed by atoms with Gasteiger partial charge < -0.3 is 10.8 Å². The lowest BCUT2D eigenvalue weighted by atomic mass is 10.1. The van der Waals surface area contributed by atoms with E-state index in [1.54, 1.807) is 0 Å². The molecular weight excluding hydrogens is 130 g/mol. The highest BCUT2D eigenvalue weighted by Gasteiger charge is 2.34. The first kappa shape index (κ1) is 7.54. The second-order valence-corrected chi connectivity index (χ2v) is 3.19. The van der Waals surface area contributed by atoms with Crippen molar-refractivity contribution in [3.8, 4) is 0 Å². The van der Waals surface area contributed by atoms with Crippen LogP contribution in [-0.2, 0) is 4.79 Å². The minimum Gasteiger partial charge on any atom is -0.481 e. The zero-order valence-electron chi connectivity index (χ0n) is 6.08. The highest BCUT2D eigenvalue weighted by molar-refractivity contribution is 5.71. The highest BCUT2D eigenvalue weighted by atomic mass is 16.4. The normalized spacial score (nSPS) is 40.0. The van der Waals surface area contributed by atoms with Gasteiger partial charge in [0.1, 0.15) is 0 Å². The number of rotatable bonds is 1. The van der Waals surface area contributed by atoms with E-state index in [2.05, 4.69) is 0 Å². The number of carboxylic acid groups (broad SMARTS) is 1. The van der Waals surface area contributed by atoms with E-state index >= 15 is 0 Å².